The van der Waals surface area contributed by atoms with Crippen molar-refractivity contribution in [3.05, 3.63) is 188 Å². The van der Waals surface area contributed by atoms with E-state index in [1.165, 1.54) is 43.1 Å². The number of anilines is 6. The van der Waals surface area contributed by atoms with Crippen molar-refractivity contribution >= 4 is 88.2 Å². The lowest BCUT2D eigenvalue weighted by Gasteiger charge is -2.13. The van der Waals surface area contributed by atoms with Gasteiger partial charge in [0.05, 0.1) is 11.0 Å². The minimum Gasteiger partial charge on any atom is -0.356 e. The predicted octanol–water partition coefficient (Wildman–Crippen LogP) is 13.5. The molecule has 52 heavy (non-hydrogen) atoms. The lowest BCUT2D eigenvalue weighted by Crippen LogP contribution is -1.97. The second-order valence-corrected chi connectivity index (χ2v) is 13.4. The number of rotatable bonds is 7. The van der Waals surface area contributed by atoms with Crippen LogP contribution in [0.5, 0.6) is 0 Å². The molecule has 0 atom stereocenters. The molecule has 3 N–H and O–H groups in total. The summed E-state index contributed by atoms with van der Waals surface area (Å²) >= 11 is 0. The molecule has 0 amide bonds. The average Bonchev–Trinajstić information content (AvgIpc) is 3.51. The normalized spacial score (nSPS) is 11.5. The van der Waals surface area contributed by atoms with Gasteiger partial charge in [-0.15, -0.1) is 0 Å². The van der Waals surface area contributed by atoms with Crippen LogP contribution in [-0.4, -0.2) is 4.57 Å². The maximum atomic E-state index is 3.68. The smallest absolute Gasteiger partial charge is 0.0561 e. The summed E-state index contributed by atoms with van der Waals surface area (Å²) in [5.74, 6) is 0. The number of hydrogen-bond acceptors (Lipinski definition) is 3. The highest BCUT2D eigenvalue weighted by atomic mass is 15.0. The van der Waals surface area contributed by atoms with E-state index in [0.29, 0.717) is 0 Å². The minimum absolute atomic E-state index is 1.04. The van der Waals surface area contributed by atoms with Crippen molar-refractivity contribution in [2.75, 3.05) is 16.0 Å². The molecule has 1 aromatic heterocycles. The molecule has 4 heteroatoms. The van der Waals surface area contributed by atoms with Crippen LogP contribution in [0.2, 0.25) is 0 Å². The molecule has 0 fully saturated rings. The summed E-state index contributed by atoms with van der Waals surface area (Å²) in [6.07, 6.45) is 0. The first kappa shape index (κ1) is 29.8. The summed E-state index contributed by atoms with van der Waals surface area (Å²) in [5, 5.41) is 20.7. The zero-order valence-corrected chi connectivity index (χ0v) is 28.3. The zero-order valence-electron chi connectivity index (χ0n) is 28.3. The van der Waals surface area contributed by atoms with E-state index in [-0.39, 0.29) is 0 Å². The molecule has 0 spiro atoms. The summed E-state index contributed by atoms with van der Waals surface area (Å²) < 4.78 is 2.38. The van der Waals surface area contributed by atoms with Crippen LogP contribution in [0.3, 0.4) is 0 Å². The largest absolute Gasteiger partial charge is 0.356 e. The summed E-state index contributed by atoms with van der Waals surface area (Å²) in [4.78, 5) is 0. The van der Waals surface area contributed by atoms with Crippen molar-refractivity contribution in [3.8, 4) is 5.69 Å². The quantitative estimate of drug-likeness (QED) is 0.159. The van der Waals surface area contributed by atoms with Crippen LogP contribution >= 0.6 is 0 Å². The standard InChI is InChI=1S/C48H34N4/c1-4-10-35-27-39(16-13-32(35)7-1)49-38-19-23-44(24-20-38)52-47-30-42(50-40-17-14-33-8-2-5-11-36(33)28-40)21-25-45(47)46-26-22-43(31-48(46)52)51-41-18-15-34-9-3-6-12-37(34)29-41/h1-31,49-51H. The third-order valence-electron chi connectivity index (χ3n) is 10.0. The molecule has 0 radical (unpaired) electrons. The van der Waals surface area contributed by atoms with Gasteiger partial charge in [-0.25, -0.2) is 0 Å². The lowest BCUT2D eigenvalue weighted by atomic mass is 10.1. The van der Waals surface area contributed by atoms with Gasteiger partial charge in [0.1, 0.15) is 0 Å². The fourth-order valence-electron chi connectivity index (χ4n) is 7.45. The third-order valence-corrected chi connectivity index (χ3v) is 10.0. The van der Waals surface area contributed by atoms with Crippen molar-refractivity contribution in [1.82, 2.24) is 4.57 Å². The van der Waals surface area contributed by atoms with E-state index in [2.05, 4.69) is 209 Å². The van der Waals surface area contributed by atoms with E-state index in [1.807, 2.05) is 0 Å². The van der Waals surface area contributed by atoms with Crippen molar-refractivity contribution < 1.29 is 0 Å². The summed E-state index contributed by atoms with van der Waals surface area (Å²) in [5.41, 5.74) is 9.67. The number of aromatic nitrogens is 1. The molecular weight excluding hydrogens is 633 g/mol. The Kier molecular flexibility index (Phi) is 7.10. The molecule has 4 nitrogen and oxygen atoms in total. The Labute approximate surface area is 301 Å². The predicted molar refractivity (Wildman–Crippen MR) is 222 cm³/mol. The Balaban J connectivity index is 1.05. The van der Waals surface area contributed by atoms with Gasteiger partial charge in [-0.05, 0) is 117 Å². The Morgan fingerprint density at radius 3 is 1.02 bits per heavy atom. The van der Waals surface area contributed by atoms with E-state index in [0.717, 1.165) is 50.8 Å². The number of hydrogen-bond donors (Lipinski definition) is 3. The van der Waals surface area contributed by atoms with Crippen LogP contribution < -0.4 is 16.0 Å². The molecule has 1 heterocycles. The van der Waals surface area contributed by atoms with Gasteiger partial charge in [0, 0.05) is 50.6 Å². The number of fused-ring (bicyclic) bond motifs is 6. The van der Waals surface area contributed by atoms with Gasteiger partial charge < -0.3 is 20.5 Å². The molecule has 0 saturated heterocycles. The van der Waals surface area contributed by atoms with Gasteiger partial charge >= 0.3 is 0 Å². The van der Waals surface area contributed by atoms with Crippen LogP contribution in [0.25, 0.3) is 59.8 Å². The zero-order chi connectivity index (χ0) is 34.4. The van der Waals surface area contributed by atoms with Gasteiger partial charge in [-0.2, -0.15) is 0 Å². The summed E-state index contributed by atoms with van der Waals surface area (Å²) in [6.45, 7) is 0. The summed E-state index contributed by atoms with van der Waals surface area (Å²) in [7, 11) is 0. The number of nitrogens with one attached hydrogen (secondary N) is 3. The second-order valence-electron chi connectivity index (χ2n) is 13.4. The Bertz CT molecular complexity index is 2800. The second kappa shape index (κ2) is 12.4. The molecule has 0 saturated carbocycles. The minimum atomic E-state index is 1.04. The van der Waals surface area contributed by atoms with Gasteiger partial charge in [0.2, 0.25) is 0 Å². The van der Waals surface area contributed by atoms with Crippen molar-refractivity contribution in [1.29, 1.82) is 0 Å². The van der Waals surface area contributed by atoms with Gasteiger partial charge in [0.15, 0.2) is 0 Å². The Hall–Kier alpha value is -7.04. The van der Waals surface area contributed by atoms with Crippen LogP contribution in [0, 0.1) is 0 Å². The fraction of sp³-hybridized carbons (Fsp3) is 0. The summed E-state index contributed by atoms with van der Waals surface area (Å²) in [6, 6.07) is 67.1. The van der Waals surface area contributed by atoms with Gasteiger partial charge in [-0.3, -0.25) is 0 Å². The van der Waals surface area contributed by atoms with Crippen molar-refractivity contribution in [2.45, 2.75) is 0 Å². The van der Waals surface area contributed by atoms with Crippen LogP contribution in [0.1, 0.15) is 0 Å². The van der Waals surface area contributed by atoms with Crippen molar-refractivity contribution in [2.24, 2.45) is 0 Å². The first-order valence-corrected chi connectivity index (χ1v) is 17.7. The third kappa shape index (κ3) is 5.53. The fourth-order valence-corrected chi connectivity index (χ4v) is 7.45. The highest BCUT2D eigenvalue weighted by Gasteiger charge is 2.15. The Morgan fingerprint density at radius 2 is 0.596 bits per heavy atom. The van der Waals surface area contributed by atoms with Crippen LogP contribution in [0.15, 0.2) is 188 Å². The van der Waals surface area contributed by atoms with Gasteiger partial charge in [-0.1, -0.05) is 103 Å². The highest BCUT2D eigenvalue weighted by Crippen LogP contribution is 2.37. The molecule has 246 valence electrons. The van der Waals surface area contributed by atoms with Crippen LogP contribution in [0.4, 0.5) is 34.1 Å². The topological polar surface area (TPSA) is 41.0 Å². The average molecular weight is 667 g/mol. The number of nitrogens with zero attached hydrogens (tertiary/aromatic N) is 1. The highest BCUT2D eigenvalue weighted by molar-refractivity contribution is 6.11. The van der Waals surface area contributed by atoms with Crippen LogP contribution in [-0.2, 0) is 0 Å². The molecule has 9 aromatic carbocycles. The number of benzene rings is 9. The molecule has 0 aliphatic heterocycles. The van der Waals surface area contributed by atoms with E-state index >= 15 is 0 Å². The maximum Gasteiger partial charge on any atom is 0.0561 e. The Morgan fingerprint density at radius 1 is 0.269 bits per heavy atom. The molecule has 0 aliphatic carbocycles. The lowest BCUT2D eigenvalue weighted by molar-refractivity contribution is 1.18. The monoisotopic (exact) mass is 666 g/mol. The first-order valence-electron chi connectivity index (χ1n) is 17.7. The van der Waals surface area contributed by atoms with E-state index in [9.17, 15) is 0 Å². The maximum absolute atomic E-state index is 3.68. The van der Waals surface area contributed by atoms with Gasteiger partial charge in [0.25, 0.3) is 0 Å². The van der Waals surface area contributed by atoms with E-state index < -0.39 is 0 Å². The first-order chi connectivity index (χ1) is 25.7. The molecule has 0 aliphatic rings. The van der Waals surface area contributed by atoms with E-state index in [1.54, 1.807) is 0 Å². The molecule has 0 unspecified atom stereocenters. The van der Waals surface area contributed by atoms with Crippen molar-refractivity contribution in [3.63, 3.8) is 0 Å². The molecule has 10 rings (SSSR count). The molecule has 0 bridgehead atoms. The van der Waals surface area contributed by atoms with E-state index in [4.69, 9.17) is 0 Å². The molecular formula is C48H34N4. The SMILES string of the molecule is c1ccc2cc(Nc3ccc(-n4c5cc(Nc6ccc7ccccc7c6)ccc5c5ccc(Nc6ccc7ccccc7c6)cc54)cc3)ccc2c1. The molecule has 10 aromatic rings.